The lowest BCUT2D eigenvalue weighted by atomic mass is 9.88. The lowest BCUT2D eigenvalue weighted by Crippen LogP contribution is -2.52. The first kappa shape index (κ1) is 15.3. The highest BCUT2D eigenvalue weighted by Gasteiger charge is 2.36. The van der Waals surface area contributed by atoms with Crippen molar-refractivity contribution in [2.24, 2.45) is 5.92 Å². The Morgan fingerprint density at radius 1 is 1.26 bits per heavy atom. The molecular formula is C16H32N2O. The summed E-state index contributed by atoms with van der Waals surface area (Å²) in [5, 5.41) is 14.3. The van der Waals surface area contributed by atoms with E-state index in [-0.39, 0.29) is 5.60 Å². The minimum absolute atomic E-state index is 0.373. The predicted octanol–water partition coefficient (Wildman–Crippen LogP) is 2.39. The van der Waals surface area contributed by atoms with E-state index in [0.29, 0.717) is 6.04 Å². The molecule has 0 spiro atoms. The van der Waals surface area contributed by atoms with Gasteiger partial charge in [-0.2, -0.15) is 0 Å². The van der Waals surface area contributed by atoms with E-state index >= 15 is 0 Å². The number of piperidine rings is 1. The van der Waals surface area contributed by atoms with Crippen molar-refractivity contribution in [2.75, 3.05) is 26.2 Å². The molecule has 19 heavy (non-hydrogen) atoms. The van der Waals surface area contributed by atoms with Gasteiger partial charge in [0.15, 0.2) is 0 Å². The van der Waals surface area contributed by atoms with Crippen molar-refractivity contribution in [3.05, 3.63) is 0 Å². The average Bonchev–Trinajstić information content (AvgIpc) is 2.83. The summed E-state index contributed by atoms with van der Waals surface area (Å²) in [6, 6.07) is 0.694. The van der Waals surface area contributed by atoms with Gasteiger partial charge in [0.2, 0.25) is 0 Å². The van der Waals surface area contributed by atoms with Gasteiger partial charge in [-0.3, -0.25) is 0 Å². The van der Waals surface area contributed by atoms with Crippen LogP contribution in [0.3, 0.4) is 0 Å². The predicted molar refractivity (Wildman–Crippen MR) is 80.3 cm³/mol. The van der Waals surface area contributed by atoms with Crippen LogP contribution in [0.1, 0.15) is 58.8 Å². The van der Waals surface area contributed by atoms with Crippen molar-refractivity contribution in [3.63, 3.8) is 0 Å². The van der Waals surface area contributed by atoms with E-state index in [1.807, 2.05) is 0 Å². The molecule has 0 aromatic carbocycles. The maximum atomic E-state index is 10.6. The zero-order chi connectivity index (χ0) is 13.7. The van der Waals surface area contributed by atoms with Crippen molar-refractivity contribution < 1.29 is 5.11 Å². The number of aliphatic hydroxyl groups is 1. The summed E-state index contributed by atoms with van der Waals surface area (Å²) in [5.74, 6) is 0.755. The molecule has 2 aliphatic rings. The Labute approximate surface area is 118 Å². The van der Waals surface area contributed by atoms with Gasteiger partial charge in [-0.05, 0) is 44.7 Å². The molecule has 1 saturated heterocycles. The molecule has 2 fully saturated rings. The van der Waals surface area contributed by atoms with Crippen molar-refractivity contribution >= 4 is 0 Å². The summed E-state index contributed by atoms with van der Waals surface area (Å²) in [6.07, 6.45) is 8.15. The largest absolute Gasteiger partial charge is 0.389 e. The lowest BCUT2D eigenvalue weighted by molar-refractivity contribution is -0.00692. The Balaban J connectivity index is 1.82. The van der Waals surface area contributed by atoms with E-state index in [1.54, 1.807) is 0 Å². The first-order valence-electron chi connectivity index (χ1n) is 8.35. The third kappa shape index (κ3) is 4.17. The van der Waals surface area contributed by atoms with Crippen molar-refractivity contribution in [1.82, 2.24) is 10.2 Å². The second kappa shape index (κ2) is 7.05. The summed E-state index contributed by atoms with van der Waals surface area (Å²) < 4.78 is 0. The summed E-state index contributed by atoms with van der Waals surface area (Å²) in [6.45, 7) is 8.91. The summed E-state index contributed by atoms with van der Waals surface area (Å²) in [5.41, 5.74) is -0.373. The second-order valence-electron chi connectivity index (χ2n) is 6.68. The normalized spacial score (nSPS) is 31.7. The minimum atomic E-state index is -0.373. The maximum Gasteiger partial charge on any atom is 0.0774 e. The number of hydrogen-bond donors (Lipinski definition) is 2. The summed E-state index contributed by atoms with van der Waals surface area (Å²) >= 11 is 0. The molecule has 2 atom stereocenters. The van der Waals surface area contributed by atoms with E-state index in [0.717, 1.165) is 38.4 Å². The minimum Gasteiger partial charge on any atom is -0.389 e. The van der Waals surface area contributed by atoms with E-state index < -0.39 is 0 Å². The van der Waals surface area contributed by atoms with Gasteiger partial charge in [0.05, 0.1) is 5.60 Å². The zero-order valence-electron chi connectivity index (χ0n) is 12.8. The standard InChI is InChI=1S/C16H32N2O/c1-3-10-17-15-7-11-18(12-14(15)4-2)13-16(19)8-5-6-9-16/h14-15,17,19H,3-13H2,1-2H3. The van der Waals surface area contributed by atoms with Crippen molar-refractivity contribution in [1.29, 1.82) is 0 Å². The molecule has 0 aromatic heterocycles. The van der Waals surface area contributed by atoms with Crippen molar-refractivity contribution in [3.8, 4) is 0 Å². The Morgan fingerprint density at radius 2 is 2.00 bits per heavy atom. The molecule has 0 bridgehead atoms. The Hall–Kier alpha value is -0.120. The van der Waals surface area contributed by atoms with Crippen LogP contribution < -0.4 is 5.32 Å². The zero-order valence-corrected chi connectivity index (χ0v) is 12.8. The van der Waals surface area contributed by atoms with Gasteiger partial charge in [-0.1, -0.05) is 33.1 Å². The third-order valence-corrected chi connectivity index (χ3v) is 5.05. The quantitative estimate of drug-likeness (QED) is 0.776. The molecule has 0 radical (unpaired) electrons. The molecule has 3 heteroatoms. The first-order chi connectivity index (χ1) is 9.17. The number of nitrogens with zero attached hydrogens (tertiary/aromatic N) is 1. The molecule has 112 valence electrons. The highest BCUT2D eigenvalue weighted by atomic mass is 16.3. The molecule has 1 aliphatic heterocycles. The molecule has 3 nitrogen and oxygen atoms in total. The fraction of sp³-hybridized carbons (Fsp3) is 1.00. The van der Waals surface area contributed by atoms with Crippen LogP contribution >= 0.6 is 0 Å². The van der Waals surface area contributed by atoms with Crippen molar-refractivity contribution in [2.45, 2.75) is 70.4 Å². The average molecular weight is 268 g/mol. The van der Waals surface area contributed by atoms with E-state index in [1.165, 1.54) is 38.6 Å². The van der Waals surface area contributed by atoms with Gasteiger partial charge >= 0.3 is 0 Å². The summed E-state index contributed by atoms with van der Waals surface area (Å²) in [4.78, 5) is 2.52. The van der Waals surface area contributed by atoms with Gasteiger partial charge in [-0.25, -0.2) is 0 Å². The fourth-order valence-corrected chi connectivity index (χ4v) is 3.87. The molecule has 0 amide bonds. The van der Waals surface area contributed by atoms with Gasteiger partial charge in [-0.15, -0.1) is 0 Å². The lowest BCUT2D eigenvalue weighted by Gasteiger charge is -2.41. The molecule has 1 heterocycles. The number of hydrogen-bond acceptors (Lipinski definition) is 3. The van der Waals surface area contributed by atoms with Crippen LogP contribution in [0.25, 0.3) is 0 Å². The van der Waals surface area contributed by atoms with Crippen LogP contribution in [0, 0.1) is 5.92 Å². The van der Waals surface area contributed by atoms with Crippen LogP contribution in [0.4, 0.5) is 0 Å². The molecule has 2 N–H and O–H groups in total. The first-order valence-corrected chi connectivity index (χ1v) is 8.35. The van der Waals surface area contributed by atoms with E-state index in [2.05, 4.69) is 24.1 Å². The number of likely N-dealkylation sites (tertiary alicyclic amines) is 1. The molecule has 1 aliphatic carbocycles. The fourth-order valence-electron chi connectivity index (χ4n) is 3.87. The molecular weight excluding hydrogens is 236 g/mol. The maximum absolute atomic E-state index is 10.6. The summed E-state index contributed by atoms with van der Waals surface area (Å²) in [7, 11) is 0. The third-order valence-electron chi connectivity index (χ3n) is 5.05. The SMILES string of the molecule is CCCNC1CCN(CC2(O)CCCC2)CC1CC. The Morgan fingerprint density at radius 3 is 2.63 bits per heavy atom. The second-order valence-corrected chi connectivity index (χ2v) is 6.68. The highest BCUT2D eigenvalue weighted by molar-refractivity contribution is 4.91. The van der Waals surface area contributed by atoms with Crippen LogP contribution in [0.5, 0.6) is 0 Å². The van der Waals surface area contributed by atoms with E-state index in [4.69, 9.17) is 0 Å². The monoisotopic (exact) mass is 268 g/mol. The van der Waals surface area contributed by atoms with Gasteiger partial charge in [0, 0.05) is 19.1 Å². The molecule has 2 unspecified atom stereocenters. The molecule has 0 aromatic rings. The van der Waals surface area contributed by atoms with Crippen LogP contribution in [0.2, 0.25) is 0 Å². The molecule has 2 rings (SSSR count). The number of nitrogens with one attached hydrogen (secondary N) is 1. The topological polar surface area (TPSA) is 35.5 Å². The smallest absolute Gasteiger partial charge is 0.0774 e. The van der Waals surface area contributed by atoms with Gasteiger partial charge < -0.3 is 15.3 Å². The Bertz CT molecular complexity index is 263. The molecule has 1 saturated carbocycles. The number of β-amino-alcohol motifs (C(OH)–C–C–N with tert-alkyl or cyclic N) is 1. The Kier molecular flexibility index (Phi) is 5.67. The van der Waals surface area contributed by atoms with Crippen LogP contribution in [0.15, 0.2) is 0 Å². The van der Waals surface area contributed by atoms with Crippen LogP contribution in [-0.4, -0.2) is 47.8 Å². The highest BCUT2D eigenvalue weighted by Crippen LogP contribution is 2.31. The van der Waals surface area contributed by atoms with Gasteiger partial charge in [0.25, 0.3) is 0 Å². The van der Waals surface area contributed by atoms with E-state index in [9.17, 15) is 5.11 Å². The van der Waals surface area contributed by atoms with Gasteiger partial charge in [0.1, 0.15) is 0 Å². The van der Waals surface area contributed by atoms with Crippen LogP contribution in [-0.2, 0) is 0 Å². The number of rotatable bonds is 6.